The number of anilines is 2. The van der Waals surface area contributed by atoms with Crippen molar-refractivity contribution in [3.63, 3.8) is 0 Å². The van der Waals surface area contributed by atoms with E-state index in [9.17, 15) is 0 Å². The highest BCUT2D eigenvalue weighted by Gasteiger charge is 2.21. The van der Waals surface area contributed by atoms with E-state index < -0.39 is 0 Å². The highest BCUT2D eigenvalue weighted by Crippen LogP contribution is 2.34. The van der Waals surface area contributed by atoms with Crippen LogP contribution < -0.4 is 10.6 Å². The van der Waals surface area contributed by atoms with Gasteiger partial charge in [-0.05, 0) is 30.2 Å². The van der Waals surface area contributed by atoms with Crippen LogP contribution in [0.2, 0.25) is 0 Å². The van der Waals surface area contributed by atoms with Gasteiger partial charge in [0.2, 0.25) is 0 Å². The Kier molecular flexibility index (Phi) is 2.42. The number of rotatable bonds is 2. The molecule has 0 spiro atoms. The summed E-state index contributed by atoms with van der Waals surface area (Å²) in [6.45, 7) is 1.82. The average Bonchev–Trinajstić information content (AvgIpc) is 3.03. The van der Waals surface area contributed by atoms with E-state index in [2.05, 4.69) is 26.5 Å². The predicted octanol–water partition coefficient (Wildman–Crippen LogP) is 2.48. The van der Waals surface area contributed by atoms with E-state index in [4.69, 9.17) is 5.73 Å². The van der Waals surface area contributed by atoms with E-state index in [0.717, 1.165) is 36.5 Å². The molecule has 1 aromatic carbocycles. The van der Waals surface area contributed by atoms with E-state index in [1.54, 1.807) is 0 Å². The maximum Gasteiger partial charge on any atom is 0.137 e. The predicted molar refractivity (Wildman–Crippen MR) is 80.8 cm³/mol. The van der Waals surface area contributed by atoms with Crippen LogP contribution in [0.25, 0.3) is 5.65 Å². The quantitative estimate of drug-likeness (QED) is 0.723. The summed E-state index contributed by atoms with van der Waals surface area (Å²) in [7, 11) is 0. The minimum atomic E-state index is 0.808. The van der Waals surface area contributed by atoms with Crippen molar-refractivity contribution in [1.29, 1.82) is 0 Å². The van der Waals surface area contributed by atoms with E-state index >= 15 is 0 Å². The van der Waals surface area contributed by atoms with Gasteiger partial charge < -0.3 is 15.0 Å². The Bertz CT molecular complexity index is 742. The summed E-state index contributed by atoms with van der Waals surface area (Å²) in [5.74, 6) is 0. The van der Waals surface area contributed by atoms with Crippen LogP contribution in [-0.4, -0.2) is 15.9 Å². The minimum absolute atomic E-state index is 0.808. The lowest BCUT2D eigenvalue weighted by Crippen LogP contribution is -2.20. The second-order valence-corrected chi connectivity index (χ2v) is 5.22. The highest BCUT2D eigenvalue weighted by atomic mass is 15.2. The third-order valence-electron chi connectivity index (χ3n) is 3.88. The minimum Gasteiger partial charge on any atom is -0.397 e. The fraction of sp³-hybridized carbons (Fsp3) is 0.188. The molecule has 0 fully saturated rings. The van der Waals surface area contributed by atoms with Crippen molar-refractivity contribution < 1.29 is 0 Å². The zero-order chi connectivity index (χ0) is 13.5. The van der Waals surface area contributed by atoms with Crippen molar-refractivity contribution in [1.82, 2.24) is 9.38 Å². The third kappa shape index (κ3) is 1.72. The van der Waals surface area contributed by atoms with Crippen molar-refractivity contribution in [3.05, 3.63) is 60.0 Å². The molecule has 0 saturated heterocycles. The largest absolute Gasteiger partial charge is 0.397 e. The van der Waals surface area contributed by atoms with Crippen LogP contribution in [0, 0.1) is 0 Å². The van der Waals surface area contributed by atoms with Crippen LogP contribution in [0.3, 0.4) is 0 Å². The van der Waals surface area contributed by atoms with Crippen molar-refractivity contribution in [2.45, 2.75) is 13.0 Å². The molecule has 0 radical (unpaired) electrons. The fourth-order valence-electron chi connectivity index (χ4n) is 2.98. The van der Waals surface area contributed by atoms with Crippen molar-refractivity contribution in [2.24, 2.45) is 0 Å². The molecule has 100 valence electrons. The molecule has 0 atom stereocenters. The molecule has 20 heavy (non-hydrogen) atoms. The molecule has 4 heteroatoms. The number of fused-ring (bicyclic) bond motifs is 2. The van der Waals surface area contributed by atoms with Crippen LogP contribution in [0.1, 0.15) is 11.3 Å². The first-order chi connectivity index (χ1) is 9.81. The maximum absolute atomic E-state index is 6.12. The van der Waals surface area contributed by atoms with Crippen LogP contribution in [0.15, 0.2) is 48.8 Å². The molecule has 1 aliphatic heterocycles. The molecule has 0 unspecified atom stereocenters. The van der Waals surface area contributed by atoms with Gasteiger partial charge in [-0.2, -0.15) is 0 Å². The van der Waals surface area contributed by atoms with Gasteiger partial charge in [0.15, 0.2) is 0 Å². The Morgan fingerprint density at radius 2 is 2.10 bits per heavy atom. The molecule has 2 aromatic heterocycles. The number of nitrogens with zero attached hydrogens (tertiary/aromatic N) is 3. The van der Waals surface area contributed by atoms with E-state index in [0.29, 0.717) is 0 Å². The van der Waals surface area contributed by atoms with Crippen LogP contribution >= 0.6 is 0 Å². The third-order valence-corrected chi connectivity index (χ3v) is 3.88. The highest BCUT2D eigenvalue weighted by molar-refractivity contribution is 5.74. The number of nitrogens with two attached hydrogens (primary N) is 1. The first kappa shape index (κ1) is 11.3. The maximum atomic E-state index is 6.12. The molecular weight excluding hydrogens is 248 g/mol. The number of pyridine rings is 1. The lowest BCUT2D eigenvalue weighted by Gasteiger charge is -2.19. The van der Waals surface area contributed by atoms with E-state index in [1.165, 1.54) is 11.3 Å². The number of hydrogen-bond acceptors (Lipinski definition) is 3. The zero-order valence-electron chi connectivity index (χ0n) is 11.2. The van der Waals surface area contributed by atoms with Gasteiger partial charge >= 0.3 is 0 Å². The molecule has 3 aromatic rings. The summed E-state index contributed by atoms with van der Waals surface area (Å²) < 4.78 is 2.06. The van der Waals surface area contributed by atoms with Gasteiger partial charge in [0.1, 0.15) is 5.65 Å². The first-order valence-electron chi connectivity index (χ1n) is 6.86. The number of aromatic nitrogens is 2. The first-order valence-corrected chi connectivity index (χ1v) is 6.86. The van der Waals surface area contributed by atoms with Crippen LogP contribution in [-0.2, 0) is 13.0 Å². The summed E-state index contributed by atoms with van der Waals surface area (Å²) in [5, 5.41) is 0. The van der Waals surface area contributed by atoms with Crippen LogP contribution in [0.4, 0.5) is 11.4 Å². The van der Waals surface area contributed by atoms with Crippen molar-refractivity contribution >= 4 is 17.0 Å². The normalized spacial score (nSPS) is 13.9. The van der Waals surface area contributed by atoms with Gasteiger partial charge in [0.25, 0.3) is 0 Å². The number of para-hydroxylation sites is 1. The second-order valence-electron chi connectivity index (χ2n) is 5.22. The molecule has 2 N–H and O–H groups in total. The topological polar surface area (TPSA) is 46.6 Å². The van der Waals surface area contributed by atoms with Gasteiger partial charge in [-0.15, -0.1) is 0 Å². The standard InChI is InChI=1S/C16H16N4/c17-14-5-3-4-12-7-9-20(16(12)14)11-13-10-19-8-2-1-6-15(19)18-13/h1-6,8,10H,7,9,11,17H2. The molecule has 1 aliphatic rings. The molecular formula is C16H16N4. The Morgan fingerprint density at radius 1 is 1.15 bits per heavy atom. The second kappa shape index (κ2) is 4.27. The molecule has 0 aliphatic carbocycles. The monoisotopic (exact) mass is 264 g/mol. The summed E-state index contributed by atoms with van der Waals surface area (Å²) in [6.07, 6.45) is 5.18. The molecule has 0 saturated carbocycles. The number of benzene rings is 1. The van der Waals surface area contributed by atoms with Crippen LogP contribution in [0.5, 0.6) is 0 Å². The number of imidazole rings is 1. The molecule has 4 rings (SSSR count). The summed E-state index contributed by atoms with van der Waals surface area (Å²) in [5.41, 5.74) is 11.6. The van der Waals surface area contributed by atoms with E-state index in [1.807, 2.05) is 36.5 Å². The smallest absolute Gasteiger partial charge is 0.137 e. The average molecular weight is 264 g/mol. The lowest BCUT2D eigenvalue weighted by atomic mass is 10.1. The number of nitrogen functional groups attached to an aromatic ring is 1. The lowest BCUT2D eigenvalue weighted by molar-refractivity contribution is 0.821. The summed E-state index contributed by atoms with van der Waals surface area (Å²) >= 11 is 0. The molecule has 3 heterocycles. The van der Waals surface area contributed by atoms with E-state index in [-0.39, 0.29) is 0 Å². The Labute approximate surface area is 117 Å². The van der Waals surface area contributed by atoms with Crippen molar-refractivity contribution in [2.75, 3.05) is 17.2 Å². The number of hydrogen-bond donors (Lipinski definition) is 1. The van der Waals surface area contributed by atoms with Crippen molar-refractivity contribution in [3.8, 4) is 0 Å². The summed E-state index contributed by atoms with van der Waals surface area (Å²) in [6, 6.07) is 12.2. The zero-order valence-corrected chi connectivity index (χ0v) is 11.2. The molecule has 0 bridgehead atoms. The SMILES string of the molecule is Nc1cccc2c1N(Cc1cn3ccccc3n1)CC2. The molecule has 4 nitrogen and oxygen atoms in total. The van der Waals surface area contributed by atoms with Gasteiger partial charge in [0, 0.05) is 18.9 Å². The Morgan fingerprint density at radius 3 is 3.00 bits per heavy atom. The Balaban J connectivity index is 1.68. The van der Waals surface area contributed by atoms with Gasteiger partial charge in [0.05, 0.1) is 23.6 Å². The fourth-order valence-corrected chi connectivity index (χ4v) is 2.98. The Hall–Kier alpha value is -2.49. The van der Waals surface area contributed by atoms with Gasteiger partial charge in [-0.25, -0.2) is 4.98 Å². The van der Waals surface area contributed by atoms with Gasteiger partial charge in [-0.3, -0.25) is 0 Å². The van der Waals surface area contributed by atoms with Gasteiger partial charge in [-0.1, -0.05) is 18.2 Å². The summed E-state index contributed by atoms with van der Waals surface area (Å²) in [4.78, 5) is 6.99. The molecule has 0 amide bonds.